The first-order chi connectivity index (χ1) is 8.54. The molecule has 1 atom stereocenters. The van der Waals surface area contributed by atoms with E-state index in [1.54, 1.807) is 0 Å². The summed E-state index contributed by atoms with van der Waals surface area (Å²) in [6.07, 6.45) is 1.52. The smallest absolute Gasteiger partial charge is 0.227 e. The van der Waals surface area contributed by atoms with E-state index < -0.39 is 0 Å². The Balaban J connectivity index is 2.00. The summed E-state index contributed by atoms with van der Waals surface area (Å²) in [6.45, 7) is 6.51. The number of aryl methyl sites for hydroxylation is 1. The Morgan fingerprint density at radius 1 is 1.44 bits per heavy atom. The van der Waals surface area contributed by atoms with E-state index in [1.807, 2.05) is 23.1 Å². The summed E-state index contributed by atoms with van der Waals surface area (Å²) in [5.41, 5.74) is 8.20. The fourth-order valence-electron chi connectivity index (χ4n) is 2.49. The fourth-order valence-corrected chi connectivity index (χ4v) is 2.49. The average molecular weight is 246 g/mol. The van der Waals surface area contributed by atoms with Gasteiger partial charge >= 0.3 is 0 Å². The van der Waals surface area contributed by atoms with Crippen LogP contribution in [-0.2, 0) is 11.2 Å². The number of amides is 1. The first-order valence-corrected chi connectivity index (χ1v) is 6.56. The second-order valence-corrected chi connectivity index (χ2v) is 5.68. The first-order valence-electron chi connectivity index (χ1n) is 6.56. The van der Waals surface area contributed by atoms with E-state index in [0.717, 1.165) is 25.1 Å². The maximum atomic E-state index is 12.3. The van der Waals surface area contributed by atoms with Crippen molar-refractivity contribution in [1.82, 2.24) is 4.90 Å². The molecule has 2 N–H and O–H groups in total. The zero-order chi connectivity index (χ0) is 13.2. The largest absolute Gasteiger partial charge is 0.342 e. The lowest BCUT2D eigenvalue weighted by molar-refractivity contribution is -0.129. The molecule has 3 heteroatoms. The number of nitrogens with zero attached hydrogens (tertiary/aromatic N) is 1. The first kappa shape index (κ1) is 13.1. The van der Waals surface area contributed by atoms with E-state index in [0.29, 0.717) is 13.0 Å². The highest BCUT2D eigenvalue weighted by atomic mass is 16.2. The Kier molecular flexibility index (Phi) is 3.71. The van der Waals surface area contributed by atoms with Crippen LogP contribution >= 0.6 is 0 Å². The van der Waals surface area contributed by atoms with Crippen LogP contribution in [0.5, 0.6) is 0 Å². The van der Waals surface area contributed by atoms with Crippen molar-refractivity contribution in [3.05, 3.63) is 35.4 Å². The van der Waals surface area contributed by atoms with Crippen molar-refractivity contribution in [3.8, 4) is 0 Å². The lowest BCUT2D eigenvalue weighted by Crippen LogP contribution is -2.35. The van der Waals surface area contributed by atoms with E-state index in [9.17, 15) is 4.79 Å². The number of hydrogen-bond acceptors (Lipinski definition) is 2. The van der Waals surface area contributed by atoms with Crippen molar-refractivity contribution in [2.75, 3.05) is 19.6 Å². The molecule has 1 fully saturated rings. The maximum Gasteiger partial charge on any atom is 0.227 e. The van der Waals surface area contributed by atoms with Gasteiger partial charge < -0.3 is 10.6 Å². The Bertz CT molecular complexity index is 444. The van der Waals surface area contributed by atoms with Gasteiger partial charge in [-0.05, 0) is 36.4 Å². The third kappa shape index (κ3) is 2.72. The summed E-state index contributed by atoms with van der Waals surface area (Å²) in [5, 5.41) is 0. The quantitative estimate of drug-likeness (QED) is 0.883. The van der Waals surface area contributed by atoms with Crippen LogP contribution in [0.3, 0.4) is 0 Å². The number of likely N-dealkylation sites (tertiary alicyclic amines) is 1. The molecular formula is C15H22N2O. The van der Waals surface area contributed by atoms with Crippen LogP contribution in [-0.4, -0.2) is 30.4 Å². The molecule has 0 spiro atoms. The zero-order valence-electron chi connectivity index (χ0n) is 11.3. The Morgan fingerprint density at radius 2 is 2.17 bits per heavy atom. The van der Waals surface area contributed by atoms with Gasteiger partial charge in [0.2, 0.25) is 5.91 Å². The van der Waals surface area contributed by atoms with E-state index in [-0.39, 0.29) is 11.3 Å². The molecule has 1 amide bonds. The average Bonchev–Trinajstić information content (AvgIpc) is 2.76. The minimum absolute atomic E-state index is 0.112. The number of carbonyl (C=O) groups excluding carboxylic acids is 1. The van der Waals surface area contributed by atoms with Gasteiger partial charge in [0, 0.05) is 13.1 Å². The van der Waals surface area contributed by atoms with Gasteiger partial charge in [0.25, 0.3) is 0 Å². The lowest BCUT2D eigenvalue weighted by atomic mass is 9.90. The van der Waals surface area contributed by atoms with Gasteiger partial charge in [-0.15, -0.1) is 0 Å². The van der Waals surface area contributed by atoms with Crippen molar-refractivity contribution >= 4 is 5.91 Å². The standard InChI is InChI=1S/C15H22N2O/c1-12-5-3-4-6-13(12)9-14(18)17-8-7-15(2,10-16)11-17/h3-6H,7-11,16H2,1-2H3. The van der Waals surface area contributed by atoms with Gasteiger partial charge in [0.05, 0.1) is 6.42 Å². The van der Waals surface area contributed by atoms with Crippen molar-refractivity contribution in [2.45, 2.75) is 26.7 Å². The molecular weight excluding hydrogens is 224 g/mol. The molecule has 1 aromatic carbocycles. The predicted octanol–water partition coefficient (Wildman–Crippen LogP) is 1.73. The number of rotatable bonds is 3. The Hall–Kier alpha value is -1.35. The van der Waals surface area contributed by atoms with Gasteiger partial charge in [0.1, 0.15) is 0 Å². The third-order valence-corrected chi connectivity index (χ3v) is 4.01. The summed E-state index contributed by atoms with van der Waals surface area (Å²) in [7, 11) is 0. The van der Waals surface area contributed by atoms with E-state index in [4.69, 9.17) is 5.73 Å². The normalized spacial score (nSPS) is 23.4. The molecule has 1 heterocycles. The van der Waals surface area contributed by atoms with Crippen LogP contribution in [0.25, 0.3) is 0 Å². The van der Waals surface area contributed by atoms with Crippen LogP contribution in [0.4, 0.5) is 0 Å². The van der Waals surface area contributed by atoms with E-state index in [1.165, 1.54) is 5.56 Å². The summed E-state index contributed by atoms with van der Waals surface area (Å²) in [5.74, 6) is 0.224. The molecule has 18 heavy (non-hydrogen) atoms. The van der Waals surface area contributed by atoms with Gasteiger partial charge in [-0.25, -0.2) is 0 Å². The highest BCUT2D eigenvalue weighted by Gasteiger charge is 2.34. The molecule has 1 unspecified atom stereocenters. The molecule has 98 valence electrons. The molecule has 0 saturated carbocycles. The van der Waals surface area contributed by atoms with Crippen LogP contribution in [0, 0.1) is 12.3 Å². The monoisotopic (exact) mass is 246 g/mol. The maximum absolute atomic E-state index is 12.3. The number of carbonyl (C=O) groups is 1. The van der Waals surface area contributed by atoms with E-state index >= 15 is 0 Å². The van der Waals surface area contributed by atoms with Gasteiger partial charge in [-0.1, -0.05) is 31.2 Å². The topological polar surface area (TPSA) is 46.3 Å². The Labute approximate surface area is 109 Å². The lowest BCUT2D eigenvalue weighted by Gasteiger charge is -2.22. The fraction of sp³-hybridized carbons (Fsp3) is 0.533. The number of hydrogen-bond donors (Lipinski definition) is 1. The minimum Gasteiger partial charge on any atom is -0.342 e. The highest BCUT2D eigenvalue weighted by Crippen LogP contribution is 2.28. The van der Waals surface area contributed by atoms with Crippen molar-refractivity contribution < 1.29 is 4.79 Å². The number of nitrogens with two attached hydrogens (primary N) is 1. The van der Waals surface area contributed by atoms with Crippen molar-refractivity contribution in [2.24, 2.45) is 11.1 Å². The molecule has 1 saturated heterocycles. The summed E-state index contributed by atoms with van der Waals surface area (Å²) in [6, 6.07) is 8.08. The van der Waals surface area contributed by atoms with Crippen LogP contribution in [0.2, 0.25) is 0 Å². The molecule has 3 nitrogen and oxygen atoms in total. The predicted molar refractivity (Wildman–Crippen MR) is 73.2 cm³/mol. The molecule has 0 aromatic heterocycles. The van der Waals surface area contributed by atoms with Gasteiger partial charge in [-0.2, -0.15) is 0 Å². The SMILES string of the molecule is Cc1ccccc1CC(=O)N1CCC(C)(CN)C1. The molecule has 0 radical (unpaired) electrons. The zero-order valence-corrected chi connectivity index (χ0v) is 11.3. The second kappa shape index (κ2) is 5.11. The molecule has 1 aliphatic heterocycles. The second-order valence-electron chi connectivity index (χ2n) is 5.68. The van der Waals surface area contributed by atoms with Gasteiger partial charge in [-0.3, -0.25) is 4.79 Å². The van der Waals surface area contributed by atoms with E-state index in [2.05, 4.69) is 19.9 Å². The molecule has 2 rings (SSSR count). The third-order valence-electron chi connectivity index (χ3n) is 4.01. The van der Waals surface area contributed by atoms with Crippen LogP contribution in [0.1, 0.15) is 24.5 Å². The minimum atomic E-state index is 0.112. The van der Waals surface area contributed by atoms with Gasteiger partial charge in [0.15, 0.2) is 0 Å². The summed E-state index contributed by atoms with van der Waals surface area (Å²) in [4.78, 5) is 14.2. The Morgan fingerprint density at radius 3 is 2.78 bits per heavy atom. The van der Waals surface area contributed by atoms with Crippen molar-refractivity contribution in [1.29, 1.82) is 0 Å². The molecule has 0 aliphatic carbocycles. The van der Waals surface area contributed by atoms with Crippen molar-refractivity contribution in [3.63, 3.8) is 0 Å². The number of benzene rings is 1. The summed E-state index contributed by atoms with van der Waals surface area (Å²) >= 11 is 0. The van der Waals surface area contributed by atoms with Crippen LogP contribution in [0.15, 0.2) is 24.3 Å². The van der Waals surface area contributed by atoms with Crippen LogP contribution < -0.4 is 5.73 Å². The molecule has 1 aliphatic rings. The summed E-state index contributed by atoms with van der Waals surface area (Å²) < 4.78 is 0. The molecule has 1 aromatic rings. The highest BCUT2D eigenvalue weighted by molar-refractivity contribution is 5.79. The molecule has 0 bridgehead atoms.